The topological polar surface area (TPSA) is 83.7 Å². The number of rotatable bonds is 6. The highest BCUT2D eigenvalue weighted by Crippen LogP contribution is 2.22. The van der Waals surface area contributed by atoms with E-state index in [9.17, 15) is 19.3 Å². The first-order valence-electron chi connectivity index (χ1n) is 6.27. The molecule has 0 aliphatic carbocycles. The van der Waals surface area contributed by atoms with Gasteiger partial charge in [-0.2, -0.15) is 0 Å². The molecule has 0 heterocycles. The van der Waals surface area contributed by atoms with Gasteiger partial charge in [-0.1, -0.05) is 6.92 Å². The standard InChI is InChI=1S/C13H17FN2O4/c1-3-4-15(5-6-17)13(18)11-8-10(16(19)20)7-9(2)12(11)14/h7-8,17H,3-6H2,1-2H3. The van der Waals surface area contributed by atoms with Crippen LogP contribution in [0.4, 0.5) is 10.1 Å². The Kier molecular flexibility index (Phi) is 5.57. The van der Waals surface area contributed by atoms with E-state index in [4.69, 9.17) is 5.11 Å². The quantitative estimate of drug-likeness (QED) is 0.638. The number of aliphatic hydroxyl groups is 1. The summed E-state index contributed by atoms with van der Waals surface area (Å²) in [5, 5.41) is 19.7. The predicted molar refractivity (Wildman–Crippen MR) is 71.1 cm³/mol. The van der Waals surface area contributed by atoms with Gasteiger partial charge in [0, 0.05) is 25.2 Å². The lowest BCUT2D eigenvalue weighted by atomic mass is 10.1. The second kappa shape index (κ2) is 6.95. The van der Waals surface area contributed by atoms with Gasteiger partial charge in [0.05, 0.1) is 17.1 Å². The second-order valence-corrected chi connectivity index (χ2v) is 4.40. The van der Waals surface area contributed by atoms with Crippen LogP contribution in [0.25, 0.3) is 0 Å². The summed E-state index contributed by atoms with van der Waals surface area (Å²) >= 11 is 0. The lowest BCUT2D eigenvalue weighted by molar-refractivity contribution is -0.385. The number of nitro benzene ring substituents is 1. The molecule has 0 atom stereocenters. The summed E-state index contributed by atoms with van der Waals surface area (Å²) < 4.78 is 14.0. The number of aliphatic hydroxyl groups excluding tert-OH is 1. The van der Waals surface area contributed by atoms with Crippen molar-refractivity contribution in [2.24, 2.45) is 0 Å². The summed E-state index contributed by atoms with van der Waals surface area (Å²) in [6.45, 7) is 3.37. The van der Waals surface area contributed by atoms with Crippen LogP contribution < -0.4 is 0 Å². The molecule has 20 heavy (non-hydrogen) atoms. The fourth-order valence-corrected chi connectivity index (χ4v) is 1.89. The average molecular weight is 284 g/mol. The number of nitrogens with zero attached hydrogens (tertiary/aromatic N) is 2. The highest BCUT2D eigenvalue weighted by atomic mass is 19.1. The van der Waals surface area contributed by atoms with Crippen molar-refractivity contribution in [2.45, 2.75) is 20.3 Å². The van der Waals surface area contributed by atoms with Gasteiger partial charge in [0.25, 0.3) is 11.6 Å². The second-order valence-electron chi connectivity index (χ2n) is 4.40. The number of hydrogen-bond donors (Lipinski definition) is 1. The number of nitro groups is 1. The largest absolute Gasteiger partial charge is 0.395 e. The molecule has 6 nitrogen and oxygen atoms in total. The number of carbonyl (C=O) groups excluding carboxylic acids is 1. The molecule has 0 aromatic heterocycles. The van der Waals surface area contributed by atoms with Crippen LogP contribution in [0.15, 0.2) is 12.1 Å². The van der Waals surface area contributed by atoms with Crippen molar-refractivity contribution in [1.29, 1.82) is 0 Å². The molecule has 0 radical (unpaired) electrons. The third-order valence-corrected chi connectivity index (χ3v) is 2.83. The van der Waals surface area contributed by atoms with Crippen LogP contribution in [-0.2, 0) is 0 Å². The first-order valence-corrected chi connectivity index (χ1v) is 6.27. The van der Waals surface area contributed by atoms with E-state index in [1.807, 2.05) is 6.92 Å². The van der Waals surface area contributed by atoms with Gasteiger partial charge in [-0.25, -0.2) is 4.39 Å². The van der Waals surface area contributed by atoms with Crippen molar-refractivity contribution in [3.05, 3.63) is 39.2 Å². The maximum Gasteiger partial charge on any atom is 0.270 e. The summed E-state index contributed by atoms with van der Waals surface area (Å²) in [6, 6.07) is 2.02. The highest BCUT2D eigenvalue weighted by molar-refractivity contribution is 5.95. The van der Waals surface area contributed by atoms with Gasteiger partial charge in [-0.15, -0.1) is 0 Å². The van der Waals surface area contributed by atoms with E-state index in [2.05, 4.69) is 0 Å². The Morgan fingerprint density at radius 1 is 1.45 bits per heavy atom. The Morgan fingerprint density at radius 2 is 2.10 bits per heavy atom. The van der Waals surface area contributed by atoms with E-state index in [0.29, 0.717) is 13.0 Å². The van der Waals surface area contributed by atoms with E-state index >= 15 is 0 Å². The minimum Gasteiger partial charge on any atom is -0.395 e. The van der Waals surface area contributed by atoms with E-state index in [0.717, 1.165) is 12.1 Å². The SMILES string of the molecule is CCCN(CCO)C(=O)c1cc([N+](=O)[O-])cc(C)c1F. The summed E-state index contributed by atoms with van der Waals surface area (Å²) in [7, 11) is 0. The van der Waals surface area contributed by atoms with E-state index in [-0.39, 0.29) is 30.0 Å². The number of amides is 1. The third kappa shape index (κ3) is 3.51. The minimum atomic E-state index is -0.764. The predicted octanol–water partition coefficient (Wildman–Crippen LogP) is 1.89. The number of benzene rings is 1. The van der Waals surface area contributed by atoms with Crippen molar-refractivity contribution in [2.75, 3.05) is 19.7 Å². The first kappa shape index (κ1) is 16.0. The van der Waals surface area contributed by atoms with Crippen LogP contribution >= 0.6 is 0 Å². The molecule has 110 valence electrons. The smallest absolute Gasteiger partial charge is 0.270 e. The van der Waals surface area contributed by atoms with Crippen molar-refractivity contribution >= 4 is 11.6 Å². The minimum absolute atomic E-state index is 0.0444. The Balaban J connectivity index is 3.22. The van der Waals surface area contributed by atoms with Crippen molar-refractivity contribution in [3.63, 3.8) is 0 Å². The van der Waals surface area contributed by atoms with Crippen LogP contribution in [0.2, 0.25) is 0 Å². The summed E-state index contributed by atoms with van der Waals surface area (Å²) in [5.41, 5.74) is -0.616. The van der Waals surface area contributed by atoms with Gasteiger partial charge in [-0.05, 0) is 18.9 Å². The van der Waals surface area contributed by atoms with Gasteiger partial charge < -0.3 is 10.0 Å². The van der Waals surface area contributed by atoms with Gasteiger partial charge in [0.1, 0.15) is 5.82 Å². The number of non-ortho nitro benzene ring substituents is 1. The lowest BCUT2D eigenvalue weighted by Crippen LogP contribution is -2.35. The maximum absolute atomic E-state index is 14.0. The zero-order chi connectivity index (χ0) is 15.3. The molecule has 1 N–H and O–H groups in total. The summed E-state index contributed by atoms with van der Waals surface area (Å²) in [4.78, 5) is 23.6. The molecule has 1 amide bonds. The zero-order valence-corrected chi connectivity index (χ0v) is 11.4. The Hall–Kier alpha value is -2.02. The molecule has 7 heteroatoms. The Labute approximate surface area is 116 Å². The number of halogens is 1. The lowest BCUT2D eigenvalue weighted by Gasteiger charge is -2.21. The number of carbonyl (C=O) groups is 1. The molecule has 0 bridgehead atoms. The molecule has 0 aliphatic rings. The molecular formula is C13H17FN2O4. The summed E-state index contributed by atoms with van der Waals surface area (Å²) in [5.74, 6) is -1.41. The molecule has 0 fully saturated rings. The molecule has 0 aliphatic heterocycles. The Morgan fingerprint density at radius 3 is 2.60 bits per heavy atom. The third-order valence-electron chi connectivity index (χ3n) is 2.83. The first-order chi connectivity index (χ1) is 9.42. The molecule has 1 aromatic rings. The van der Waals surface area contributed by atoms with Crippen LogP contribution in [-0.4, -0.2) is 40.5 Å². The van der Waals surface area contributed by atoms with Crippen LogP contribution in [0.5, 0.6) is 0 Å². The number of hydrogen-bond acceptors (Lipinski definition) is 4. The van der Waals surface area contributed by atoms with Crippen molar-refractivity contribution < 1.29 is 19.2 Å². The van der Waals surface area contributed by atoms with Crippen molar-refractivity contribution in [3.8, 4) is 0 Å². The summed E-state index contributed by atoms with van der Waals surface area (Å²) in [6.07, 6.45) is 0.640. The molecule has 0 saturated carbocycles. The molecule has 0 spiro atoms. The molecular weight excluding hydrogens is 267 g/mol. The van der Waals surface area contributed by atoms with Crippen LogP contribution in [0.3, 0.4) is 0 Å². The molecule has 1 aromatic carbocycles. The highest BCUT2D eigenvalue weighted by Gasteiger charge is 2.23. The molecule has 0 saturated heterocycles. The van der Waals surface area contributed by atoms with Gasteiger partial charge >= 0.3 is 0 Å². The van der Waals surface area contributed by atoms with Crippen LogP contribution in [0.1, 0.15) is 29.3 Å². The van der Waals surface area contributed by atoms with E-state index < -0.39 is 16.6 Å². The monoisotopic (exact) mass is 284 g/mol. The molecule has 0 unspecified atom stereocenters. The van der Waals surface area contributed by atoms with E-state index in [1.54, 1.807) is 0 Å². The fourth-order valence-electron chi connectivity index (χ4n) is 1.89. The average Bonchev–Trinajstić information content (AvgIpc) is 2.40. The Bertz CT molecular complexity index is 513. The zero-order valence-electron chi connectivity index (χ0n) is 11.4. The molecule has 1 rings (SSSR count). The normalized spacial score (nSPS) is 10.4. The number of aryl methyl sites for hydroxylation is 1. The van der Waals surface area contributed by atoms with Crippen LogP contribution in [0, 0.1) is 22.9 Å². The maximum atomic E-state index is 14.0. The van der Waals surface area contributed by atoms with Crippen molar-refractivity contribution in [1.82, 2.24) is 4.90 Å². The van der Waals surface area contributed by atoms with E-state index in [1.165, 1.54) is 11.8 Å². The van der Waals surface area contributed by atoms with Gasteiger partial charge in [0.15, 0.2) is 0 Å². The fraction of sp³-hybridized carbons (Fsp3) is 0.462. The van der Waals surface area contributed by atoms with Gasteiger partial charge in [0.2, 0.25) is 0 Å². The van der Waals surface area contributed by atoms with Gasteiger partial charge in [-0.3, -0.25) is 14.9 Å².